The Morgan fingerprint density at radius 2 is 1.77 bits per heavy atom. The summed E-state index contributed by atoms with van der Waals surface area (Å²) in [6.45, 7) is 8.51. The molecule has 152 valence electrons. The van der Waals surface area contributed by atoms with Gasteiger partial charge in [0.2, 0.25) is 0 Å². The van der Waals surface area contributed by atoms with Gasteiger partial charge in [-0.25, -0.2) is 0 Å². The van der Waals surface area contributed by atoms with Crippen LogP contribution in [0.1, 0.15) is 51.9 Å². The topological polar surface area (TPSA) is 54.9 Å². The van der Waals surface area contributed by atoms with E-state index < -0.39 is 0 Å². The fourth-order valence-corrected chi connectivity index (χ4v) is 3.81. The Morgan fingerprint density at radius 1 is 1.08 bits per heavy atom. The third-order valence-corrected chi connectivity index (χ3v) is 5.71. The molecule has 3 aliphatic rings. The highest BCUT2D eigenvalue weighted by Crippen LogP contribution is 2.49. The zero-order valence-electron chi connectivity index (χ0n) is 16.4. The molecule has 1 heterocycles. The number of aliphatic imine (C=N–C) groups is 1. The molecule has 26 heavy (non-hydrogen) atoms. The maximum atomic E-state index is 5.84. The van der Waals surface area contributed by atoms with Crippen molar-refractivity contribution in [2.75, 3.05) is 46.1 Å². The molecule has 0 spiro atoms. The number of halogens is 1. The molecule has 0 aromatic rings. The first kappa shape index (κ1) is 22.2. The van der Waals surface area contributed by atoms with Gasteiger partial charge < -0.3 is 20.1 Å². The van der Waals surface area contributed by atoms with Crippen LogP contribution in [0.25, 0.3) is 0 Å². The lowest BCUT2D eigenvalue weighted by Gasteiger charge is -2.21. The average Bonchev–Trinajstić information content (AvgIpc) is 3.53. The fourth-order valence-electron chi connectivity index (χ4n) is 3.81. The number of rotatable bonds is 11. The van der Waals surface area contributed by atoms with E-state index in [1.807, 2.05) is 0 Å². The van der Waals surface area contributed by atoms with Crippen LogP contribution in [0.2, 0.25) is 0 Å². The summed E-state index contributed by atoms with van der Waals surface area (Å²) in [6, 6.07) is 0. The Balaban J connectivity index is 0.00000243. The van der Waals surface area contributed by atoms with E-state index in [-0.39, 0.29) is 24.0 Å². The molecular formula is C20H38IN3O2. The summed E-state index contributed by atoms with van der Waals surface area (Å²) >= 11 is 0. The molecule has 0 aromatic carbocycles. The molecule has 5 nitrogen and oxygen atoms in total. The standard InChI is InChI=1S/C20H37N3O2.HI/c1-2-21-20(23-14-19(17-4-5-17)18-6-7-18)22-10-3-11-25-15-16-8-12-24-13-9-16;/h16-19H,2-15H2,1H3,(H2,21,22,23);1H. The van der Waals surface area contributed by atoms with Gasteiger partial charge in [-0.2, -0.15) is 0 Å². The molecule has 0 bridgehead atoms. The predicted octanol–water partition coefficient (Wildman–Crippen LogP) is 3.43. The van der Waals surface area contributed by atoms with Crippen LogP contribution in [0.3, 0.4) is 0 Å². The molecule has 2 saturated carbocycles. The number of hydrogen-bond acceptors (Lipinski definition) is 3. The van der Waals surface area contributed by atoms with Gasteiger partial charge in [-0.3, -0.25) is 4.99 Å². The van der Waals surface area contributed by atoms with Crippen LogP contribution in [-0.4, -0.2) is 52.0 Å². The summed E-state index contributed by atoms with van der Waals surface area (Å²) in [7, 11) is 0. The second-order valence-corrected chi connectivity index (χ2v) is 7.97. The maximum absolute atomic E-state index is 5.84. The van der Waals surface area contributed by atoms with Crippen molar-refractivity contribution in [3.05, 3.63) is 0 Å². The van der Waals surface area contributed by atoms with E-state index in [0.717, 1.165) is 89.0 Å². The number of ether oxygens (including phenoxy) is 2. The molecule has 2 aliphatic carbocycles. The first-order valence-electron chi connectivity index (χ1n) is 10.5. The van der Waals surface area contributed by atoms with Crippen LogP contribution < -0.4 is 10.6 Å². The summed E-state index contributed by atoms with van der Waals surface area (Å²) in [5, 5.41) is 6.86. The van der Waals surface area contributed by atoms with Crippen LogP contribution >= 0.6 is 24.0 Å². The van der Waals surface area contributed by atoms with E-state index in [2.05, 4.69) is 17.6 Å². The van der Waals surface area contributed by atoms with E-state index in [1.54, 1.807) is 0 Å². The average molecular weight is 479 g/mol. The minimum Gasteiger partial charge on any atom is -0.381 e. The number of hydrogen-bond donors (Lipinski definition) is 2. The molecule has 0 radical (unpaired) electrons. The summed E-state index contributed by atoms with van der Waals surface area (Å²) < 4.78 is 11.2. The quantitative estimate of drug-likeness (QED) is 0.206. The highest BCUT2D eigenvalue weighted by molar-refractivity contribution is 14.0. The first-order chi connectivity index (χ1) is 12.4. The van der Waals surface area contributed by atoms with Crippen molar-refractivity contribution in [3.8, 4) is 0 Å². The molecule has 1 aliphatic heterocycles. The molecule has 0 atom stereocenters. The number of nitrogens with zero attached hydrogens (tertiary/aromatic N) is 1. The van der Waals surface area contributed by atoms with Gasteiger partial charge in [-0.1, -0.05) is 0 Å². The molecule has 0 amide bonds. The van der Waals surface area contributed by atoms with Crippen molar-refractivity contribution >= 4 is 29.9 Å². The Bertz CT molecular complexity index is 396. The van der Waals surface area contributed by atoms with Crippen molar-refractivity contribution in [1.82, 2.24) is 10.6 Å². The van der Waals surface area contributed by atoms with Crippen LogP contribution in [-0.2, 0) is 9.47 Å². The van der Waals surface area contributed by atoms with Crippen LogP contribution in [0.15, 0.2) is 4.99 Å². The highest BCUT2D eigenvalue weighted by atomic mass is 127. The molecule has 1 saturated heterocycles. The van der Waals surface area contributed by atoms with Crippen molar-refractivity contribution in [2.45, 2.75) is 51.9 Å². The Morgan fingerprint density at radius 3 is 2.38 bits per heavy atom. The fraction of sp³-hybridized carbons (Fsp3) is 0.950. The van der Waals surface area contributed by atoms with Gasteiger partial charge in [-0.15, -0.1) is 24.0 Å². The van der Waals surface area contributed by atoms with Gasteiger partial charge in [0.1, 0.15) is 0 Å². The van der Waals surface area contributed by atoms with Crippen molar-refractivity contribution in [2.24, 2.45) is 28.7 Å². The number of guanidine groups is 1. The zero-order chi connectivity index (χ0) is 17.3. The van der Waals surface area contributed by atoms with E-state index in [4.69, 9.17) is 14.5 Å². The van der Waals surface area contributed by atoms with Gasteiger partial charge >= 0.3 is 0 Å². The van der Waals surface area contributed by atoms with Crippen LogP contribution in [0.4, 0.5) is 0 Å². The normalized spacial score (nSPS) is 21.5. The minimum absolute atomic E-state index is 0. The lowest BCUT2D eigenvalue weighted by atomic mass is 9.98. The number of nitrogens with one attached hydrogen (secondary N) is 2. The Labute approximate surface area is 176 Å². The molecule has 0 aromatic heterocycles. The minimum atomic E-state index is 0. The highest BCUT2D eigenvalue weighted by Gasteiger charge is 2.41. The Hall–Kier alpha value is -0.0800. The van der Waals surface area contributed by atoms with Crippen molar-refractivity contribution in [1.29, 1.82) is 0 Å². The van der Waals surface area contributed by atoms with E-state index >= 15 is 0 Å². The molecule has 6 heteroatoms. The van der Waals surface area contributed by atoms with Crippen LogP contribution in [0.5, 0.6) is 0 Å². The second kappa shape index (κ2) is 12.4. The summed E-state index contributed by atoms with van der Waals surface area (Å²) in [4.78, 5) is 4.87. The molecule has 2 N–H and O–H groups in total. The predicted molar refractivity (Wildman–Crippen MR) is 117 cm³/mol. The Kier molecular flexibility index (Phi) is 10.6. The van der Waals surface area contributed by atoms with E-state index in [0.29, 0.717) is 5.92 Å². The van der Waals surface area contributed by atoms with Crippen molar-refractivity contribution < 1.29 is 9.47 Å². The monoisotopic (exact) mass is 479 g/mol. The smallest absolute Gasteiger partial charge is 0.191 e. The molecule has 3 rings (SSSR count). The lowest BCUT2D eigenvalue weighted by molar-refractivity contribution is 0.0203. The lowest BCUT2D eigenvalue weighted by Crippen LogP contribution is -2.38. The molecular weight excluding hydrogens is 441 g/mol. The summed E-state index contributed by atoms with van der Waals surface area (Å²) in [6.07, 6.45) is 9.08. The van der Waals surface area contributed by atoms with Gasteiger partial charge in [-0.05, 0) is 75.5 Å². The van der Waals surface area contributed by atoms with Gasteiger partial charge in [0.15, 0.2) is 5.96 Å². The first-order valence-corrected chi connectivity index (χ1v) is 10.5. The van der Waals surface area contributed by atoms with Gasteiger partial charge in [0.25, 0.3) is 0 Å². The third-order valence-electron chi connectivity index (χ3n) is 5.71. The molecule has 0 unspecified atom stereocenters. The molecule has 3 fully saturated rings. The summed E-state index contributed by atoms with van der Waals surface area (Å²) in [5.41, 5.74) is 0. The maximum Gasteiger partial charge on any atom is 0.191 e. The van der Waals surface area contributed by atoms with Gasteiger partial charge in [0, 0.05) is 46.1 Å². The summed E-state index contributed by atoms with van der Waals surface area (Å²) in [5.74, 6) is 4.47. The largest absolute Gasteiger partial charge is 0.381 e. The second-order valence-electron chi connectivity index (χ2n) is 7.97. The zero-order valence-corrected chi connectivity index (χ0v) is 18.7. The third kappa shape index (κ3) is 8.30. The van der Waals surface area contributed by atoms with E-state index in [1.165, 1.54) is 25.7 Å². The van der Waals surface area contributed by atoms with E-state index in [9.17, 15) is 0 Å². The van der Waals surface area contributed by atoms with Gasteiger partial charge in [0.05, 0.1) is 0 Å². The van der Waals surface area contributed by atoms with Crippen LogP contribution in [0, 0.1) is 23.7 Å². The van der Waals surface area contributed by atoms with Crippen molar-refractivity contribution in [3.63, 3.8) is 0 Å². The SMILES string of the molecule is CCNC(=NCC(C1CC1)C1CC1)NCCCOCC1CCOCC1.I.